The second kappa shape index (κ2) is 8.35. The van der Waals surface area contributed by atoms with Gasteiger partial charge in [0.25, 0.3) is 11.7 Å². The van der Waals surface area contributed by atoms with E-state index in [1.165, 1.54) is 25.2 Å². The number of imidazole rings is 1. The lowest BCUT2D eigenvalue weighted by Gasteiger charge is -2.25. The molecule has 9 heteroatoms. The third-order valence-electron chi connectivity index (χ3n) is 5.52. The Morgan fingerprint density at radius 3 is 2.69 bits per heavy atom. The molecule has 0 spiro atoms. The molecule has 1 amide bonds. The lowest BCUT2D eigenvalue weighted by molar-refractivity contribution is -0.140. The van der Waals surface area contributed by atoms with E-state index in [0.29, 0.717) is 22.6 Å². The number of aromatic hydroxyl groups is 1. The summed E-state index contributed by atoms with van der Waals surface area (Å²) < 4.78 is 12.0. The molecule has 1 aromatic carbocycles. The second-order valence-corrected chi connectivity index (χ2v) is 7.39. The number of phenols is 1. The first kappa shape index (κ1) is 21.4. The number of aryl methyl sites for hydroxylation is 1. The number of benzene rings is 1. The van der Waals surface area contributed by atoms with Gasteiger partial charge in [-0.1, -0.05) is 12.1 Å². The highest BCUT2D eigenvalue weighted by atomic mass is 16.5. The Labute approximate surface area is 184 Å². The van der Waals surface area contributed by atoms with Crippen LogP contribution in [0.4, 0.5) is 0 Å². The van der Waals surface area contributed by atoms with Crippen LogP contribution in [0.15, 0.2) is 48.2 Å². The van der Waals surface area contributed by atoms with E-state index in [2.05, 4.69) is 4.98 Å². The predicted molar refractivity (Wildman–Crippen MR) is 115 cm³/mol. The molecular weight excluding hydrogens is 414 g/mol. The van der Waals surface area contributed by atoms with Crippen LogP contribution in [0.2, 0.25) is 0 Å². The van der Waals surface area contributed by atoms with Gasteiger partial charge >= 0.3 is 0 Å². The van der Waals surface area contributed by atoms with Crippen LogP contribution in [0.25, 0.3) is 11.4 Å². The fraction of sp³-hybridized carbons (Fsp3) is 0.261. The van der Waals surface area contributed by atoms with Gasteiger partial charge in [-0.25, -0.2) is 4.98 Å². The molecule has 3 heterocycles. The number of carbonyl (C=O) groups excluding carboxylic acids is 2. The Kier molecular flexibility index (Phi) is 5.58. The minimum atomic E-state index is -0.895. The van der Waals surface area contributed by atoms with Crippen molar-refractivity contribution in [3.05, 3.63) is 65.1 Å². The largest absolute Gasteiger partial charge is 0.505 e. The lowest BCUT2D eigenvalue weighted by Crippen LogP contribution is -2.32. The molecule has 0 radical (unpaired) electrons. The first-order valence-corrected chi connectivity index (χ1v) is 9.97. The number of aliphatic hydroxyl groups excluding tert-OH is 1. The number of pyridine rings is 1. The highest BCUT2D eigenvalue weighted by Gasteiger charge is 2.46. The summed E-state index contributed by atoms with van der Waals surface area (Å²) in [7, 11) is 2.90. The molecule has 3 aromatic rings. The van der Waals surface area contributed by atoms with E-state index in [9.17, 15) is 19.8 Å². The van der Waals surface area contributed by atoms with Gasteiger partial charge in [0, 0.05) is 19.9 Å². The highest BCUT2D eigenvalue weighted by Crippen LogP contribution is 2.42. The maximum Gasteiger partial charge on any atom is 0.295 e. The molecule has 0 aliphatic carbocycles. The Morgan fingerprint density at radius 1 is 1.19 bits per heavy atom. The van der Waals surface area contributed by atoms with Crippen molar-refractivity contribution < 1.29 is 29.3 Å². The van der Waals surface area contributed by atoms with E-state index >= 15 is 0 Å². The van der Waals surface area contributed by atoms with Gasteiger partial charge < -0.3 is 24.6 Å². The van der Waals surface area contributed by atoms with Gasteiger partial charge in [0.15, 0.2) is 17.3 Å². The summed E-state index contributed by atoms with van der Waals surface area (Å²) in [5.74, 6) is -1.77. The third kappa shape index (κ3) is 3.36. The number of hydrogen-bond donors (Lipinski definition) is 2. The number of amides is 1. The molecule has 1 aliphatic rings. The van der Waals surface area contributed by atoms with Gasteiger partial charge in [-0.2, -0.15) is 0 Å². The number of carbonyl (C=O) groups is 2. The molecule has 166 valence electrons. The fourth-order valence-corrected chi connectivity index (χ4v) is 4.04. The first-order chi connectivity index (χ1) is 15.4. The molecule has 1 aliphatic heterocycles. The second-order valence-electron chi connectivity index (χ2n) is 7.39. The Bertz CT molecular complexity index is 1250. The summed E-state index contributed by atoms with van der Waals surface area (Å²) in [4.78, 5) is 31.8. The van der Waals surface area contributed by atoms with Crippen molar-refractivity contribution in [1.82, 2.24) is 14.3 Å². The van der Waals surface area contributed by atoms with Gasteiger partial charge in [0.1, 0.15) is 11.3 Å². The topological polar surface area (TPSA) is 114 Å². The van der Waals surface area contributed by atoms with Crippen molar-refractivity contribution in [3.63, 3.8) is 0 Å². The van der Waals surface area contributed by atoms with Crippen molar-refractivity contribution in [1.29, 1.82) is 0 Å². The van der Waals surface area contributed by atoms with Crippen molar-refractivity contribution in [2.24, 2.45) is 0 Å². The molecule has 0 saturated carbocycles. The minimum Gasteiger partial charge on any atom is -0.505 e. The zero-order chi connectivity index (χ0) is 23.0. The molecule has 0 bridgehead atoms. The van der Waals surface area contributed by atoms with Gasteiger partial charge in [0.05, 0.1) is 31.0 Å². The fourth-order valence-electron chi connectivity index (χ4n) is 4.04. The number of aromatic nitrogens is 2. The van der Waals surface area contributed by atoms with Crippen LogP contribution in [-0.2, 0) is 14.3 Å². The number of ether oxygens (including phenoxy) is 2. The van der Waals surface area contributed by atoms with E-state index < -0.39 is 17.7 Å². The number of likely N-dealkylation sites (tertiary alicyclic amines) is 1. The number of hydrogen-bond acceptors (Lipinski definition) is 7. The highest BCUT2D eigenvalue weighted by molar-refractivity contribution is 6.46. The predicted octanol–water partition coefficient (Wildman–Crippen LogP) is 2.43. The Balaban J connectivity index is 1.96. The third-order valence-corrected chi connectivity index (χ3v) is 5.52. The number of methoxy groups -OCH3 is 2. The maximum atomic E-state index is 13.1. The van der Waals surface area contributed by atoms with Crippen molar-refractivity contribution >= 4 is 23.1 Å². The standard InChI is InChI=1S/C23H23N3O6/c1-13-19(25-9-5-4-6-17(25)24-13)21(28)18-20(14-7-8-15(27)16(12-14)32-3)26(10-11-31-2)23(30)22(18)29/h4-9,12,20,27-28H,10-11H2,1-3H3. The minimum absolute atomic E-state index is 0.0624. The summed E-state index contributed by atoms with van der Waals surface area (Å²) in [6, 6.07) is 9.03. The Hall–Kier alpha value is -3.85. The average Bonchev–Trinajstić information content (AvgIpc) is 3.25. The molecule has 1 saturated heterocycles. The summed E-state index contributed by atoms with van der Waals surface area (Å²) in [5, 5.41) is 21.3. The number of rotatable bonds is 6. The Morgan fingerprint density at radius 2 is 1.97 bits per heavy atom. The van der Waals surface area contributed by atoms with Crippen molar-refractivity contribution in [2.45, 2.75) is 13.0 Å². The summed E-state index contributed by atoms with van der Waals surface area (Å²) in [5.41, 5.74) is 1.89. The average molecular weight is 437 g/mol. The molecular formula is C23H23N3O6. The quantitative estimate of drug-likeness (QED) is 0.346. The molecule has 2 N–H and O–H groups in total. The van der Waals surface area contributed by atoms with Crippen molar-refractivity contribution in [2.75, 3.05) is 27.4 Å². The zero-order valence-electron chi connectivity index (χ0n) is 17.9. The molecule has 32 heavy (non-hydrogen) atoms. The molecule has 2 aromatic heterocycles. The number of nitrogens with zero attached hydrogens (tertiary/aromatic N) is 3. The van der Waals surface area contributed by atoms with Gasteiger partial charge in [0.2, 0.25) is 0 Å². The van der Waals surface area contributed by atoms with E-state index in [4.69, 9.17) is 9.47 Å². The smallest absolute Gasteiger partial charge is 0.295 e. The van der Waals surface area contributed by atoms with E-state index in [-0.39, 0.29) is 36.0 Å². The molecule has 9 nitrogen and oxygen atoms in total. The first-order valence-electron chi connectivity index (χ1n) is 9.97. The SMILES string of the molecule is COCCN1C(=O)C(=O)C(=C(O)c2c(C)nc3ccccn23)C1c1ccc(O)c(OC)c1. The number of Topliss-reactive ketones (excluding diaryl/α,β-unsaturated/α-hetero) is 1. The van der Waals surface area contributed by atoms with Crippen molar-refractivity contribution in [3.8, 4) is 11.5 Å². The summed E-state index contributed by atoms with van der Waals surface area (Å²) >= 11 is 0. The van der Waals surface area contributed by atoms with E-state index in [1.54, 1.807) is 41.8 Å². The number of ketones is 1. The normalized spacial score (nSPS) is 18.0. The molecule has 4 rings (SSSR count). The van der Waals surface area contributed by atoms with Crippen LogP contribution in [-0.4, -0.2) is 63.6 Å². The van der Waals surface area contributed by atoms with Crippen LogP contribution in [0.5, 0.6) is 11.5 Å². The van der Waals surface area contributed by atoms with Crippen LogP contribution in [0, 0.1) is 6.92 Å². The van der Waals surface area contributed by atoms with Crippen LogP contribution < -0.4 is 4.74 Å². The monoisotopic (exact) mass is 437 g/mol. The van der Waals surface area contributed by atoms with Crippen LogP contribution >= 0.6 is 0 Å². The summed E-state index contributed by atoms with van der Waals surface area (Å²) in [6.45, 7) is 2.06. The molecule has 1 fully saturated rings. The van der Waals surface area contributed by atoms with Gasteiger partial charge in [-0.3, -0.25) is 14.0 Å². The van der Waals surface area contributed by atoms with Gasteiger partial charge in [-0.15, -0.1) is 0 Å². The maximum absolute atomic E-state index is 13.1. The number of phenolic OH excluding ortho intramolecular Hbond substituents is 1. The molecule has 1 unspecified atom stereocenters. The molecule has 1 atom stereocenters. The lowest BCUT2D eigenvalue weighted by atomic mass is 9.96. The summed E-state index contributed by atoms with van der Waals surface area (Å²) in [6.07, 6.45) is 1.73. The van der Waals surface area contributed by atoms with Crippen LogP contribution in [0.3, 0.4) is 0 Å². The van der Waals surface area contributed by atoms with E-state index in [1.807, 2.05) is 6.07 Å². The van der Waals surface area contributed by atoms with Gasteiger partial charge in [-0.05, 0) is 36.8 Å². The van der Waals surface area contributed by atoms with Crippen LogP contribution in [0.1, 0.15) is 23.0 Å². The number of aliphatic hydroxyl groups is 1. The number of fused-ring (bicyclic) bond motifs is 1. The zero-order valence-corrected chi connectivity index (χ0v) is 17.9. The van der Waals surface area contributed by atoms with E-state index in [0.717, 1.165) is 0 Å².